The van der Waals surface area contributed by atoms with Gasteiger partial charge < -0.3 is 14.5 Å². The normalized spacial score (nSPS) is 16.7. The van der Waals surface area contributed by atoms with Crippen molar-refractivity contribution in [2.24, 2.45) is 5.92 Å². The second-order valence-corrected chi connectivity index (χ2v) is 12.3. The fourth-order valence-corrected chi connectivity index (χ4v) is 6.79. The summed E-state index contributed by atoms with van der Waals surface area (Å²) in [6, 6.07) is 10.6. The van der Waals surface area contributed by atoms with Gasteiger partial charge in [-0.05, 0) is 72.2 Å². The third kappa shape index (κ3) is 4.70. The summed E-state index contributed by atoms with van der Waals surface area (Å²) in [7, 11) is -4.47. The van der Waals surface area contributed by atoms with Crippen molar-refractivity contribution >= 4 is 66.1 Å². The van der Waals surface area contributed by atoms with Crippen molar-refractivity contribution in [1.29, 1.82) is 0 Å². The van der Waals surface area contributed by atoms with E-state index in [1.807, 2.05) is 25.1 Å². The first-order valence-electron chi connectivity index (χ1n) is 13.6. The van der Waals surface area contributed by atoms with E-state index in [0.29, 0.717) is 58.5 Å². The highest BCUT2D eigenvalue weighted by Crippen LogP contribution is 2.43. The maximum absolute atomic E-state index is 13.1. The van der Waals surface area contributed by atoms with Crippen molar-refractivity contribution in [3.05, 3.63) is 47.5 Å². The van der Waals surface area contributed by atoms with E-state index in [1.54, 1.807) is 24.0 Å². The lowest BCUT2D eigenvalue weighted by Crippen LogP contribution is -2.44. The third-order valence-corrected chi connectivity index (χ3v) is 9.13. The standard InChI is InChI=1S/C30H28N2O9S/c1-16-13-23(21-5-6-22-24(42(37,38)39)14-17(2)20-4-3-19(16)28(21)29(20)22)40-15-27(35)31-11-9-18(10-12-31)30(36)41-32-25(33)7-8-26(32)34/h3-6,13-14,18H,7-12,15H2,1-2H3,(H,37,38,39). The highest BCUT2D eigenvalue weighted by atomic mass is 32.2. The predicted octanol–water partition coefficient (Wildman–Crippen LogP) is 3.67. The molecule has 2 heterocycles. The maximum atomic E-state index is 13.1. The summed E-state index contributed by atoms with van der Waals surface area (Å²) in [5, 5.41) is 4.89. The summed E-state index contributed by atoms with van der Waals surface area (Å²) in [4.78, 5) is 55.5. The Balaban J connectivity index is 1.20. The molecule has 0 unspecified atom stereocenters. The summed E-state index contributed by atoms with van der Waals surface area (Å²) in [6.45, 7) is 4.03. The van der Waals surface area contributed by atoms with Crippen molar-refractivity contribution in [3.63, 3.8) is 0 Å². The third-order valence-electron chi connectivity index (χ3n) is 8.23. The fraction of sp³-hybridized carbons (Fsp3) is 0.333. The molecule has 11 nitrogen and oxygen atoms in total. The minimum absolute atomic E-state index is 0.0237. The molecule has 6 rings (SSSR count). The van der Waals surface area contributed by atoms with Gasteiger partial charge in [0.2, 0.25) is 0 Å². The molecule has 0 aliphatic carbocycles. The summed E-state index contributed by atoms with van der Waals surface area (Å²) < 4.78 is 40.3. The van der Waals surface area contributed by atoms with Crippen molar-refractivity contribution in [1.82, 2.24) is 9.96 Å². The van der Waals surface area contributed by atoms with Crippen LogP contribution in [0.3, 0.4) is 0 Å². The van der Waals surface area contributed by atoms with Gasteiger partial charge in [-0.2, -0.15) is 8.42 Å². The first-order chi connectivity index (χ1) is 19.9. The van der Waals surface area contributed by atoms with Gasteiger partial charge in [0.1, 0.15) is 10.6 Å². The number of ether oxygens (including phenoxy) is 1. The number of hydrogen-bond donors (Lipinski definition) is 1. The summed E-state index contributed by atoms with van der Waals surface area (Å²) in [5.74, 6) is -2.05. The molecule has 0 spiro atoms. The molecule has 0 atom stereocenters. The van der Waals surface area contributed by atoms with Crippen LogP contribution in [0.25, 0.3) is 32.3 Å². The van der Waals surface area contributed by atoms with E-state index in [0.717, 1.165) is 21.7 Å². The largest absolute Gasteiger partial charge is 0.483 e. The molecule has 1 N–H and O–H groups in total. The van der Waals surface area contributed by atoms with Crippen LogP contribution in [0.1, 0.15) is 36.8 Å². The number of carbonyl (C=O) groups excluding carboxylic acids is 4. The van der Waals surface area contributed by atoms with Crippen LogP contribution in [0.15, 0.2) is 41.3 Å². The van der Waals surface area contributed by atoms with E-state index < -0.39 is 33.8 Å². The smallest absolute Gasteiger partial charge is 0.336 e. The number of benzene rings is 4. The van der Waals surface area contributed by atoms with Gasteiger partial charge in [-0.15, -0.1) is 5.06 Å². The number of carbonyl (C=O) groups is 4. The number of nitrogens with zero attached hydrogens (tertiary/aromatic N) is 2. The minimum atomic E-state index is -4.47. The molecule has 2 aliphatic heterocycles. The van der Waals surface area contributed by atoms with Gasteiger partial charge in [0.15, 0.2) is 6.61 Å². The van der Waals surface area contributed by atoms with Gasteiger partial charge >= 0.3 is 5.97 Å². The molecule has 2 saturated heterocycles. The van der Waals surface area contributed by atoms with Crippen LogP contribution in [0, 0.1) is 19.8 Å². The molecule has 0 radical (unpaired) electrons. The minimum Gasteiger partial charge on any atom is -0.483 e. The van der Waals surface area contributed by atoms with E-state index in [1.165, 1.54) is 6.07 Å². The Morgan fingerprint density at radius 3 is 2.05 bits per heavy atom. The second-order valence-electron chi connectivity index (χ2n) is 10.9. The lowest BCUT2D eigenvalue weighted by atomic mass is 9.90. The number of rotatable bonds is 6. The van der Waals surface area contributed by atoms with Gasteiger partial charge in [-0.25, -0.2) is 4.79 Å². The Hall–Kier alpha value is -4.29. The monoisotopic (exact) mass is 592 g/mol. The number of hydrogen-bond acceptors (Lipinski definition) is 8. The van der Waals surface area contributed by atoms with Crippen molar-refractivity contribution < 1.29 is 41.7 Å². The first kappa shape index (κ1) is 27.9. The fourth-order valence-electron chi connectivity index (χ4n) is 6.02. The summed E-state index contributed by atoms with van der Waals surface area (Å²) in [6.07, 6.45) is 0.702. The van der Waals surface area contributed by atoms with Crippen LogP contribution in [0.5, 0.6) is 5.75 Å². The Morgan fingerprint density at radius 1 is 0.881 bits per heavy atom. The Morgan fingerprint density at radius 2 is 1.43 bits per heavy atom. The van der Waals surface area contributed by atoms with Crippen LogP contribution in [-0.2, 0) is 34.1 Å². The van der Waals surface area contributed by atoms with Crippen LogP contribution in [-0.4, -0.2) is 66.3 Å². The van der Waals surface area contributed by atoms with E-state index in [4.69, 9.17) is 9.57 Å². The quantitative estimate of drug-likeness (QED) is 0.201. The molecule has 4 aromatic carbocycles. The lowest BCUT2D eigenvalue weighted by molar-refractivity contribution is -0.201. The molecule has 0 saturated carbocycles. The number of aryl methyl sites for hydroxylation is 2. The van der Waals surface area contributed by atoms with E-state index in [9.17, 15) is 32.1 Å². The molecule has 0 bridgehead atoms. The van der Waals surface area contributed by atoms with Crippen LogP contribution >= 0.6 is 0 Å². The zero-order chi connectivity index (χ0) is 29.9. The highest BCUT2D eigenvalue weighted by molar-refractivity contribution is 7.86. The maximum Gasteiger partial charge on any atom is 0.336 e. The molecule has 12 heteroatoms. The first-order valence-corrected chi connectivity index (χ1v) is 15.1. The molecular formula is C30H28N2O9S. The average molecular weight is 593 g/mol. The van der Waals surface area contributed by atoms with Gasteiger partial charge in [0.05, 0.1) is 5.92 Å². The van der Waals surface area contributed by atoms with E-state index >= 15 is 0 Å². The van der Waals surface area contributed by atoms with Gasteiger partial charge in [0, 0.05) is 42.1 Å². The second kappa shape index (κ2) is 10.2. The van der Waals surface area contributed by atoms with Crippen LogP contribution in [0.2, 0.25) is 0 Å². The van der Waals surface area contributed by atoms with Crippen molar-refractivity contribution in [2.75, 3.05) is 19.7 Å². The molecule has 218 valence electrons. The van der Waals surface area contributed by atoms with Gasteiger partial charge in [0.25, 0.3) is 27.8 Å². The zero-order valence-electron chi connectivity index (χ0n) is 23.0. The molecular weight excluding hydrogens is 564 g/mol. The summed E-state index contributed by atoms with van der Waals surface area (Å²) >= 11 is 0. The predicted molar refractivity (Wildman–Crippen MR) is 151 cm³/mol. The Kier molecular flexibility index (Phi) is 6.77. The Bertz CT molecular complexity index is 1890. The molecule has 4 aromatic rings. The number of imide groups is 1. The SMILES string of the molecule is Cc1cc(OCC(=O)N2CCC(C(=O)ON3C(=O)CCC3=O)CC2)c2ccc3c(S(=O)(=O)O)cc(C)c4ccc1c2c43. The lowest BCUT2D eigenvalue weighted by Gasteiger charge is -2.31. The number of amides is 3. The van der Waals surface area contributed by atoms with Crippen LogP contribution in [0.4, 0.5) is 0 Å². The van der Waals surface area contributed by atoms with Crippen molar-refractivity contribution in [2.45, 2.75) is 44.4 Å². The highest BCUT2D eigenvalue weighted by Gasteiger charge is 2.36. The van der Waals surface area contributed by atoms with Gasteiger partial charge in [-0.1, -0.05) is 18.2 Å². The van der Waals surface area contributed by atoms with E-state index in [2.05, 4.69) is 0 Å². The molecule has 2 fully saturated rings. The topological polar surface area (TPSA) is 148 Å². The molecule has 42 heavy (non-hydrogen) atoms. The number of piperidine rings is 1. The Labute approximate surface area is 241 Å². The van der Waals surface area contributed by atoms with Gasteiger partial charge in [-0.3, -0.25) is 18.9 Å². The number of likely N-dealkylation sites (tertiary alicyclic amines) is 1. The zero-order valence-corrected chi connectivity index (χ0v) is 23.8. The van der Waals surface area contributed by atoms with Crippen molar-refractivity contribution in [3.8, 4) is 5.75 Å². The summed E-state index contributed by atoms with van der Waals surface area (Å²) in [5.41, 5.74) is 1.58. The van der Waals surface area contributed by atoms with E-state index in [-0.39, 0.29) is 30.3 Å². The average Bonchev–Trinajstić information content (AvgIpc) is 3.28. The molecule has 2 aliphatic rings. The molecule has 0 aromatic heterocycles. The van der Waals surface area contributed by atoms with Crippen LogP contribution < -0.4 is 4.74 Å². The molecule has 3 amide bonds. The number of hydroxylamine groups is 2.